The zero-order valence-electron chi connectivity index (χ0n) is 7.81. The van der Waals surface area contributed by atoms with E-state index in [9.17, 15) is 4.79 Å². The Kier molecular flexibility index (Phi) is 4.50. The molecule has 0 saturated carbocycles. The minimum atomic E-state index is 0.0559. The Morgan fingerprint density at radius 1 is 1.29 bits per heavy atom. The highest BCUT2D eigenvalue weighted by Crippen LogP contribution is 2.18. The maximum absolute atomic E-state index is 10.1. The number of ether oxygens (including phenoxy) is 2. The van der Waals surface area contributed by atoms with Crippen LogP contribution in [0.5, 0.6) is 11.5 Å². The molecule has 0 saturated heterocycles. The lowest BCUT2D eigenvalue weighted by Gasteiger charge is -2.06. The number of aldehydes is 1. The van der Waals surface area contributed by atoms with Crippen LogP contribution in [0.2, 0.25) is 0 Å². The zero-order valence-corrected chi connectivity index (χ0v) is 7.81. The highest BCUT2D eigenvalue weighted by molar-refractivity contribution is 5.51. The van der Waals surface area contributed by atoms with E-state index in [-0.39, 0.29) is 6.61 Å². The van der Waals surface area contributed by atoms with E-state index in [4.69, 9.17) is 15.2 Å². The number of rotatable bonds is 6. The third-order valence-electron chi connectivity index (χ3n) is 1.51. The molecule has 4 heteroatoms. The van der Waals surface area contributed by atoms with E-state index in [1.807, 2.05) is 6.07 Å². The van der Waals surface area contributed by atoms with Gasteiger partial charge < -0.3 is 15.2 Å². The number of benzene rings is 1. The monoisotopic (exact) mass is 195 g/mol. The van der Waals surface area contributed by atoms with Crippen molar-refractivity contribution < 1.29 is 14.3 Å². The zero-order chi connectivity index (χ0) is 10.2. The lowest BCUT2D eigenvalue weighted by atomic mass is 10.3. The second-order valence-electron chi connectivity index (χ2n) is 2.59. The van der Waals surface area contributed by atoms with Gasteiger partial charge in [-0.15, -0.1) is 0 Å². The van der Waals surface area contributed by atoms with Crippen LogP contribution in [-0.4, -0.2) is 26.0 Å². The van der Waals surface area contributed by atoms with Crippen molar-refractivity contribution in [3.8, 4) is 11.5 Å². The van der Waals surface area contributed by atoms with E-state index in [2.05, 4.69) is 0 Å². The second kappa shape index (κ2) is 5.99. The van der Waals surface area contributed by atoms with Crippen LogP contribution in [0.4, 0.5) is 0 Å². The van der Waals surface area contributed by atoms with Crippen molar-refractivity contribution in [2.75, 3.05) is 19.8 Å². The molecule has 0 atom stereocenters. The lowest BCUT2D eigenvalue weighted by Crippen LogP contribution is -2.10. The predicted molar refractivity (Wildman–Crippen MR) is 52.6 cm³/mol. The van der Waals surface area contributed by atoms with Gasteiger partial charge in [0.05, 0.1) is 0 Å². The Bertz CT molecular complexity index is 288. The van der Waals surface area contributed by atoms with Gasteiger partial charge in [-0.1, -0.05) is 6.07 Å². The van der Waals surface area contributed by atoms with Gasteiger partial charge in [0, 0.05) is 12.6 Å². The number of hydrogen-bond donors (Lipinski definition) is 1. The topological polar surface area (TPSA) is 61.6 Å². The first-order valence-corrected chi connectivity index (χ1v) is 4.36. The largest absolute Gasteiger partial charge is 0.492 e. The Hall–Kier alpha value is -1.55. The highest BCUT2D eigenvalue weighted by atomic mass is 16.5. The summed E-state index contributed by atoms with van der Waals surface area (Å²) in [4.78, 5) is 10.1. The molecule has 0 bridgehead atoms. The maximum atomic E-state index is 10.1. The van der Waals surface area contributed by atoms with Crippen LogP contribution >= 0.6 is 0 Å². The van der Waals surface area contributed by atoms with E-state index in [1.165, 1.54) is 0 Å². The van der Waals surface area contributed by atoms with Crippen molar-refractivity contribution in [2.24, 2.45) is 5.73 Å². The van der Waals surface area contributed by atoms with Crippen LogP contribution in [0.15, 0.2) is 24.3 Å². The molecule has 1 aromatic carbocycles. The summed E-state index contributed by atoms with van der Waals surface area (Å²) in [7, 11) is 0. The van der Waals surface area contributed by atoms with Crippen molar-refractivity contribution in [3.63, 3.8) is 0 Å². The SMILES string of the molecule is NCCOc1cccc(OCC=O)c1. The van der Waals surface area contributed by atoms with Crippen LogP contribution in [0.3, 0.4) is 0 Å². The van der Waals surface area contributed by atoms with Crippen molar-refractivity contribution in [2.45, 2.75) is 0 Å². The van der Waals surface area contributed by atoms with Crippen LogP contribution < -0.4 is 15.2 Å². The number of carbonyl (C=O) groups excluding carboxylic acids is 1. The molecule has 4 nitrogen and oxygen atoms in total. The average molecular weight is 195 g/mol. The fourth-order valence-corrected chi connectivity index (χ4v) is 0.961. The number of carbonyl (C=O) groups is 1. The molecule has 0 spiro atoms. The summed E-state index contributed by atoms with van der Waals surface area (Å²) in [6.07, 6.45) is 0.702. The van der Waals surface area contributed by atoms with Crippen LogP contribution in [0, 0.1) is 0 Å². The van der Waals surface area contributed by atoms with Gasteiger partial charge in [0.25, 0.3) is 0 Å². The molecule has 0 aliphatic rings. The molecule has 0 unspecified atom stereocenters. The molecule has 14 heavy (non-hydrogen) atoms. The van der Waals surface area contributed by atoms with Gasteiger partial charge >= 0.3 is 0 Å². The predicted octanol–water partition coefficient (Wildman–Crippen LogP) is 0.602. The third kappa shape index (κ3) is 3.45. The summed E-state index contributed by atoms with van der Waals surface area (Å²) in [5.41, 5.74) is 5.29. The molecule has 0 amide bonds. The molecule has 76 valence electrons. The summed E-state index contributed by atoms with van der Waals surface area (Å²) < 4.78 is 10.4. The van der Waals surface area contributed by atoms with Crippen LogP contribution in [0.25, 0.3) is 0 Å². The number of nitrogens with two attached hydrogens (primary N) is 1. The van der Waals surface area contributed by atoms with Gasteiger partial charge in [0.15, 0.2) is 6.29 Å². The standard InChI is InChI=1S/C10H13NO3/c11-4-6-13-9-2-1-3-10(8-9)14-7-5-12/h1-3,5,8H,4,6-7,11H2. The van der Waals surface area contributed by atoms with E-state index in [0.717, 1.165) is 0 Å². The van der Waals surface area contributed by atoms with Crippen molar-refractivity contribution in [1.29, 1.82) is 0 Å². The molecule has 0 aliphatic carbocycles. The minimum Gasteiger partial charge on any atom is -0.492 e. The van der Waals surface area contributed by atoms with E-state index < -0.39 is 0 Å². The van der Waals surface area contributed by atoms with Gasteiger partial charge in [-0.3, -0.25) is 4.79 Å². The first-order valence-electron chi connectivity index (χ1n) is 4.36. The second-order valence-corrected chi connectivity index (χ2v) is 2.59. The highest BCUT2D eigenvalue weighted by Gasteiger charge is 1.96. The molecule has 0 radical (unpaired) electrons. The Morgan fingerprint density at radius 2 is 2.00 bits per heavy atom. The molecule has 2 N–H and O–H groups in total. The van der Waals surface area contributed by atoms with Gasteiger partial charge in [-0.2, -0.15) is 0 Å². The maximum Gasteiger partial charge on any atom is 0.157 e. The molecule has 0 aromatic heterocycles. The molecular formula is C10H13NO3. The Morgan fingerprint density at radius 3 is 2.64 bits per heavy atom. The van der Waals surface area contributed by atoms with Crippen molar-refractivity contribution in [1.82, 2.24) is 0 Å². The van der Waals surface area contributed by atoms with E-state index >= 15 is 0 Å². The van der Waals surface area contributed by atoms with Crippen LogP contribution in [-0.2, 0) is 4.79 Å². The Labute approximate surface area is 82.6 Å². The van der Waals surface area contributed by atoms with Crippen LogP contribution in [0.1, 0.15) is 0 Å². The van der Waals surface area contributed by atoms with Gasteiger partial charge in [0.2, 0.25) is 0 Å². The molecular weight excluding hydrogens is 182 g/mol. The molecule has 0 fully saturated rings. The smallest absolute Gasteiger partial charge is 0.157 e. The van der Waals surface area contributed by atoms with Crippen molar-refractivity contribution in [3.05, 3.63) is 24.3 Å². The summed E-state index contributed by atoms with van der Waals surface area (Å²) in [5, 5.41) is 0. The lowest BCUT2D eigenvalue weighted by molar-refractivity contribution is -0.109. The first kappa shape index (κ1) is 10.5. The third-order valence-corrected chi connectivity index (χ3v) is 1.51. The van der Waals surface area contributed by atoms with Crippen molar-refractivity contribution >= 4 is 6.29 Å². The fourth-order valence-electron chi connectivity index (χ4n) is 0.961. The average Bonchev–Trinajstić information content (AvgIpc) is 2.24. The summed E-state index contributed by atoms with van der Waals surface area (Å²) in [6, 6.07) is 7.09. The van der Waals surface area contributed by atoms with E-state index in [1.54, 1.807) is 18.2 Å². The Balaban J connectivity index is 2.54. The van der Waals surface area contributed by atoms with Gasteiger partial charge in [-0.25, -0.2) is 0 Å². The van der Waals surface area contributed by atoms with Gasteiger partial charge in [0.1, 0.15) is 24.7 Å². The summed E-state index contributed by atoms with van der Waals surface area (Å²) in [6.45, 7) is 0.997. The summed E-state index contributed by atoms with van der Waals surface area (Å²) >= 11 is 0. The molecule has 0 heterocycles. The first-order chi connectivity index (χ1) is 6.86. The normalized spacial score (nSPS) is 9.50. The molecule has 1 rings (SSSR count). The fraction of sp³-hybridized carbons (Fsp3) is 0.300. The summed E-state index contributed by atoms with van der Waals surface area (Å²) in [5.74, 6) is 1.31. The number of hydrogen-bond acceptors (Lipinski definition) is 4. The quantitative estimate of drug-likeness (QED) is 0.675. The van der Waals surface area contributed by atoms with E-state index in [0.29, 0.717) is 30.9 Å². The molecule has 0 aliphatic heterocycles. The molecule has 1 aromatic rings. The minimum absolute atomic E-state index is 0.0559. The van der Waals surface area contributed by atoms with Gasteiger partial charge in [-0.05, 0) is 12.1 Å².